The minimum Gasteiger partial charge on any atom is -0.482 e. The molecule has 8 nitrogen and oxygen atoms in total. The van der Waals surface area contributed by atoms with Crippen LogP contribution in [0.15, 0.2) is 36.7 Å². The number of carbonyl (C=O) groups excluding carboxylic acids is 2. The molecule has 2 aliphatic rings. The smallest absolute Gasteiger partial charge is 0.262 e. The van der Waals surface area contributed by atoms with E-state index in [1.54, 1.807) is 36.7 Å². The lowest BCUT2D eigenvalue weighted by atomic mass is 10.0. The number of fused-ring (bicyclic) bond motifs is 1. The number of nitrogens with zero attached hydrogens (tertiary/aromatic N) is 3. The first kappa shape index (κ1) is 16.3. The third-order valence-corrected chi connectivity index (χ3v) is 4.47. The number of nitrogens with one attached hydrogen (secondary N) is 2. The van der Waals surface area contributed by atoms with Crippen molar-refractivity contribution in [3.63, 3.8) is 0 Å². The summed E-state index contributed by atoms with van der Waals surface area (Å²) in [5, 5.41) is 5.79. The first-order chi connectivity index (χ1) is 12.7. The maximum Gasteiger partial charge on any atom is 0.262 e. The molecule has 2 aliphatic heterocycles. The summed E-state index contributed by atoms with van der Waals surface area (Å²) in [6.07, 6.45) is 5.31. The maximum absolute atomic E-state index is 12.6. The number of benzene rings is 1. The molecule has 1 fully saturated rings. The van der Waals surface area contributed by atoms with Gasteiger partial charge in [-0.25, -0.2) is 9.97 Å². The van der Waals surface area contributed by atoms with Crippen LogP contribution < -0.4 is 20.3 Å². The minimum atomic E-state index is -0.194. The second kappa shape index (κ2) is 6.99. The van der Waals surface area contributed by atoms with Crippen LogP contribution in [-0.2, 0) is 4.79 Å². The molecule has 26 heavy (non-hydrogen) atoms. The third kappa shape index (κ3) is 3.44. The zero-order valence-electron chi connectivity index (χ0n) is 14.1. The summed E-state index contributed by atoms with van der Waals surface area (Å²) in [6, 6.07) is 6.84. The van der Waals surface area contributed by atoms with Gasteiger partial charge in [0.15, 0.2) is 6.61 Å². The Morgan fingerprint density at radius 3 is 3.00 bits per heavy atom. The van der Waals surface area contributed by atoms with E-state index in [2.05, 4.69) is 25.5 Å². The monoisotopic (exact) mass is 353 g/mol. The van der Waals surface area contributed by atoms with Gasteiger partial charge in [-0.1, -0.05) is 0 Å². The topological polar surface area (TPSA) is 96.5 Å². The number of ether oxygens (including phenoxy) is 1. The Kier molecular flexibility index (Phi) is 4.39. The van der Waals surface area contributed by atoms with Crippen LogP contribution >= 0.6 is 0 Å². The third-order valence-electron chi connectivity index (χ3n) is 4.47. The van der Waals surface area contributed by atoms with Gasteiger partial charge in [-0.3, -0.25) is 9.59 Å². The van der Waals surface area contributed by atoms with E-state index in [4.69, 9.17) is 4.74 Å². The lowest BCUT2D eigenvalue weighted by Crippen LogP contribution is -2.48. The number of hydrogen-bond donors (Lipinski definition) is 2. The minimum absolute atomic E-state index is 0.0247. The van der Waals surface area contributed by atoms with Crippen LogP contribution in [0.5, 0.6) is 5.75 Å². The molecule has 0 radical (unpaired) electrons. The number of aromatic nitrogens is 2. The van der Waals surface area contributed by atoms with Crippen LogP contribution in [0.4, 0.5) is 11.6 Å². The quantitative estimate of drug-likeness (QED) is 0.861. The van der Waals surface area contributed by atoms with Gasteiger partial charge in [0, 0.05) is 37.1 Å². The van der Waals surface area contributed by atoms with Crippen molar-refractivity contribution in [1.29, 1.82) is 0 Å². The average Bonchev–Trinajstić information content (AvgIpc) is 2.68. The van der Waals surface area contributed by atoms with Gasteiger partial charge in [0.05, 0.1) is 5.69 Å². The Balaban J connectivity index is 1.42. The number of anilines is 2. The highest BCUT2D eigenvalue weighted by atomic mass is 16.5. The number of carbonyl (C=O) groups is 2. The average molecular weight is 353 g/mol. The van der Waals surface area contributed by atoms with Crippen molar-refractivity contribution in [3.8, 4) is 5.75 Å². The lowest BCUT2D eigenvalue weighted by molar-refractivity contribution is -0.118. The second-order valence-corrected chi connectivity index (χ2v) is 6.36. The normalized spacial score (nSPS) is 19.2. The highest BCUT2D eigenvalue weighted by molar-refractivity contribution is 5.99. The van der Waals surface area contributed by atoms with Gasteiger partial charge in [0.25, 0.3) is 11.8 Å². The summed E-state index contributed by atoms with van der Waals surface area (Å²) in [5.74, 6) is 0.846. The molecule has 1 aromatic carbocycles. The standard InChI is InChI=1S/C18H19N5O3/c24-16-11-26-15-9-12(4-5-14(15)22-16)17(25)21-13-3-1-8-23(10-13)18-19-6-2-7-20-18/h2,4-7,9,13H,1,3,8,10-11H2,(H,21,25)(H,22,24). The molecule has 1 unspecified atom stereocenters. The van der Waals surface area contributed by atoms with Crippen LogP contribution in [0.25, 0.3) is 0 Å². The molecule has 2 aromatic rings. The van der Waals surface area contributed by atoms with Crippen molar-refractivity contribution in [2.45, 2.75) is 18.9 Å². The fraction of sp³-hybridized carbons (Fsp3) is 0.333. The number of hydrogen-bond acceptors (Lipinski definition) is 6. The van der Waals surface area contributed by atoms with E-state index in [1.165, 1.54) is 0 Å². The fourth-order valence-corrected chi connectivity index (χ4v) is 3.22. The van der Waals surface area contributed by atoms with Gasteiger partial charge in [0.1, 0.15) is 5.75 Å². The predicted octanol–water partition coefficient (Wildman–Crippen LogP) is 1.21. The van der Waals surface area contributed by atoms with Crippen molar-refractivity contribution in [1.82, 2.24) is 15.3 Å². The first-order valence-corrected chi connectivity index (χ1v) is 8.58. The van der Waals surface area contributed by atoms with E-state index in [-0.39, 0.29) is 24.5 Å². The van der Waals surface area contributed by atoms with Gasteiger partial charge in [-0.15, -0.1) is 0 Å². The number of amides is 2. The summed E-state index contributed by atoms with van der Waals surface area (Å²) < 4.78 is 5.37. The van der Waals surface area contributed by atoms with Crippen LogP contribution in [0.1, 0.15) is 23.2 Å². The Bertz CT molecular complexity index is 827. The van der Waals surface area contributed by atoms with Gasteiger partial charge >= 0.3 is 0 Å². The number of rotatable bonds is 3. The molecule has 4 rings (SSSR count). The molecule has 0 spiro atoms. The van der Waals surface area contributed by atoms with E-state index < -0.39 is 0 Å². The lowest BCUT2D eigenvalue weighted by Gasteiger charge is -2.33. The molecular formula is C18H19N5O3. The van der Waals surface area contributed by atoms with Crippen molar-refractivity contribution >= 4 is 23.5 Å². The molecule has 0 saturated carbocycles. The molecule has 1 aromatic heterocycles. The Labute approximate surface area is 150 Å². The first-order valence-electron chi connectivity index (χ1n) is 8.58. The summed E-state index contributed by atoms with van der Waals surface area (Å²) >= 11 is 0. The SMILES string of the molecule is O=C1COc2cc(C(=O)NC3CCCN(c4ncccn4)C3)ccc2N1. The summed E-state index contributed by atoms with van der Waals surface area (Å²) in [5.41, 5.74) is 1.09. The van der Waals surface area contributed by atoms with Gasteiger partial charge in [0.2, 0.25) is 5.95 Å². The summed E-state index contributed by atoms with van der Waals surface area (Å²) in [6.45, 7) is 1.52. The van der Waals surface area contributed by atoms with E-state index in [1.807, 2.05) is 0 Å². The van der Waals surface area contributed by atoms with Crippen molar-refractivity contribution in [2.75, 3.05) is 29.9 Å². The largest absolute Gasteiger partial charge is 0.482 e. The van der Waals surface area contributed by atoms with Gasteiger partial charge in [-0.05, 0) is 37.1 Å². The molecule has 3 heterocycles. The fourth-order valence-electron chi connectivity index (χ4n) is 3.22. The van der Waals surface area contributed by atoms with E-state index >= 15 is 0 Å². The molecule has 8 heteroatoms. The Morgan fingerprint density at radius 1 is 1.31 bits per heavy atom. The summed E-state index contributed by atoms with van der Waals surface area (Å²) in [4.78, 5) is 34.6. The van der Waals surface area contributed by atoms with Crippen LogP contribution in [0, 0.1) is 0 Å². The van der Waals surface area contributed by atoms with E-state index in [0.29, 0.717) is 29.5 Å². The van der Waals surface area contributed by atoms with E-state index in [0.717, 1.165) is 19.4 Å². The van der Waals surface area contributed by atoms with Crippen LogP contribution in [0.2, 0.25) is 0 Å². The predicted molar refractivity (Wildman–Crippen MR) is 95.3 cm³/mol. The van der Waals surface area contributed by atoms with Gasteiger partial charge in [-0.2, -0.15) is 0 Å². The van der Waals surface area contributed by atoms with Crippen molar-refractivity contribution < 1.29 is 14.3 Å². The highest BCUT2D eigenvalue weighted by Crippen LogP contribution is 2.28. The van der Waals surface area contributed by atoms with Gasteiger partial charge < -0.3 is 20.3 Å². The molecule has 2 N–H and O–H groups in total. The van der Waals surface area contributed by atoms with Crippen LogP contribution in [0.3, 0.4) is 0 Å². The zero-order valence-corrected chi connectivity index (χ0v) is 14.1. The highest BCUT2D eigenvalue weighted by Gasteiger charge is 2.24. The molecular weight excluding hydrogens is 334 g/mol. The second-order valence-electron chi connectivity index (χ2n) is 6.36. The van der Waals surface area contributed by atoms with Crippen LogP contribution in [-0.4, -0.2) is 47.5 Å². The molecule has 1 saturated heterocycles. The van der Waals surface area contributed by atoms with Crippen molar-refractivity contribution in [3.05, 3.63) is 42.2 Å². The Hall–Kier alpha value is -3.16. The molecule has 1 atom stereocenters. The van der Waals surface area contributed by atoms with Crippen molar-refractivity contribution in [2.24, 2.45) is 0 Å². The number of piperidine rings is 1. The molecule has 134 valence electrons. The molecule has 0 aliphatic carbocycles. The van der Waals surface area contributed by atoms with E-state index in [9.17, 15) is 9.59 Å². The summed E-state index contributed by atoms with van der Waals surface area (Å²) in [7, 11) is 0. The zero-order chi connectivity index (χ0) is 17.9. The Morgan fingerprint density at radius 2 is 2.15 bits per heavy atom. The molecule has 0 bridgehead atoms. The maximum atomic E-state index is 12.6. The molecule has 2 amide bonds.